The Morgan fingerprint density at radius 2 is 2.09 bits per heavy atom. The van der Waals surface area contributed by atoms with Gasteiger partial charge in [0.2, 0.25) is 0 Å². The van der Waals surface area contributed by atoms with E-state index in [1.54, 1.807) is 12.1 Å². The van der Waals surface area contributed by atoms with Crippen LogP contribution in [0.25, 0.3) is 0 Å². The Balaban J connectivity index is 0. The molecule has 1 aromatic rings. The van der Waals surface area contributed by atoms with Crippen molar-refractivity contribution in [1.82, 2.24) is 4.98 Å². The second kappa shape index (κ2) is 6.16. The molecule has 1 heterocycles. The van der Waals surface area contributed by atoms with Crippen LogP contribution in [0, 0.1) is 0 Å². The lowest BCUT2D eigenvalue weighted by atomic mass is 10.5. The normalized spacial score (nSPS) is 9.00. The number of rotatable bonds is 1. The second-order valence-electron chi connectivity index (χ2n) is 1.45. The van der Waals surface area contributed by atoms with Gasteiger partial charge >= 0.3 is 8.03 Å². The van der Waals surface area contributed by atoms with Crippen molar-refractivity contribution in [2.24, 2.45) is 0 Å². The van der Waals surface area contributed by atoms with Crippen molar-refractivity contribution in [2.75, 3.05) is 0 Å². The predicted molar refractivity (Wildman–Crippen MR) is 41.2 cm³/mol. The van der Waals surface area contributed by atoms with Gasteiger partial charge in [-0.3, -0.25) is 4.70 Å². The molecule has 0 bridgehead atoms. The van der Waals surface area contributed by atoms with Crippen LogP contribution in [0.1, 0.15) is 0 Å². The van der Waals surface area contributed by atoms with Crippen LogP contribution in [0.15, 0.2) is 24.4 Å². The summed E-state index contributed by atoms with van der Waals surface area (Å²) in [6.07, 6.45) is 1.44. The van der Waals surface area contributed by atoms with Gasteiger partial charge in [0.25, 0.3) is 5.44 Å². The van der Waals surface area contributed by atoms with E-state index in [1.807, 2.05) is 0 Å². The highest BCUT2D eigenvalue weighted by Crippen LogP contribution is 2.02. The van der Waals surface area contributed by atoms with E-state index in [9.17, 15) is 9.46 Å². The van der Waals surface area contributed by atoms with Gasteiger partial charge in [-0.25, -0.2) is 4.98 Å². The predicted octanol–water partition coefficient (Wildman–Crippen LogP) is 0.384. The van der Waals surface area contributed by atoms with Crippen molar-refractivity contribution < 1.29 is 14.2 Å². The molecule has 1 rings (SSSR count). The van der Waals surface area contributed by atoms with Crippen LogP contribution in [0.3, 0.4) is 0 Å². The van der Waals surface area contributed by atoms with E-state index in [-0.39, 0.29) is 22.5 Å². The summed E-state index contributed by atoms with van der Waals surface area (Å²) in [5.41, 5.74) is 0.118. The Labute approximate surface area is 70.1 Å². The molecule has 6 heteroatoms. The van der Waals surface area contributed by atoms with E-state index in [0.717, 1.165) is 0 Å². The molecule has 0 spiro atoms. The van der Waals surface area contributed by atoms with Crippen LogP contribution in [0.2, 0.25) is 0 Å². The third kappa shape index (κ3) is 3.98. The summed E-state index contributed by atoms with van der Waals surface area (Å²) >= 11 is 0. The molecule has 0 N–H and O–H groups in total. The first-order valence-corrected chi connectivity index (χ1v) is 3.54. The lowest BCUT2D eigenvalue weighted by molar-refractivity contribution is -0.160. The maximum absolute atomic E-state index is 10.2. The largest absolute Gasteiger partial charge is 0.589 e. The fourth-order valence-corrected chi connectivity index (χ4v) is 0.830. The summed E-state index contributed by atoms with van der Waals surface area (Å²) in [7, 11) is -2.51. The highest BCUT2D eigenvalue weighted by atomic mass is 35.5. The summed E-state index contributed by atoms with van der Waals surface area (Å²) in [6.45, 7) is 0. The highest BCUT2D eigenvalue weighted by Gasteiger charge is 2.04. The first kappa shape index (κ1) is 13.1. The minimum Gasteiger partial charge on any atom is -0.589 e. The summed E-state index contributed by atoms with van der Waals surface area (Å²) in [5, 5.41) is 0. The Kier molecular flexibility index (Phi) is 7.31. The average molecular weight is 198 g/mol. The number of nitrogens with zero attached hydrogens (tertiary/aromatic N) is 1. The zero-order valence-electron chi connectivity index (χ0n) is 5.34. The van der Waals surface area contributed by atoms with Gasteiger partial charge in [-0.2, -0.15) is 0 Å². The van der Waals surface area contributed by atoms with Crippen molar-refractivity contribution in [1.29, 1.82) is 0 Å². The molecule has 1 aromatic heterocycles. The molecule has 0 aliphatic carbocycles. The van der Waals surface area contributed by atoms with Crippen LogP contribution in [-0.4, -0.2) is 4.98 Å². The molecule has 0 aromatic carbocycles. The molecule has 3 nitrogen and oxygen atoms in total. The van der Waals surface area contributed by atoms with Crippen LogP contribution in [-0.2, 0) is 4.57 Å². The quantitative estimate of drug-likeness (QED) is 0.612. The third-order valence-corrected chi connectivity index (χ3v) is 1.47. The number of hydrogen-bond acceptors (Lipinski definition) is 3. The number of aromatic nitrogens is 1. The molecule has 0 fully saturated rings. The Morgan fingerprint density at radius 3 is 2.36 bits per heavy atom. The van der Waals surface area contributed by atoms with Gasteiger partial charge in [0.05, 0.1) is 0 Å². The van der Waals surface area contributed by atoms with Gasteiger partial charge in [0, 0.05) is 12.3 Å². The minimum atomic E-state index is -2.51. The van der Waals surface area contributed by atoms with Crippen molar-refractivity contribution in [2.45, 2.75) is 0 Å². The first-order chi connectivity index (χ1) is 4.30. The van der Waals surface area contributed by atoms with E-state index in [2.05, 4.69) is 4.98 Å². The maximum Gasteiger partial charge on any atom is 0.369 e. The minimum absolute atomic E-state index is 0. The van der Waals surface area contributed by atoms with E-state index >= 15 is 0 Å². The topological polar surface area (TPSA) is 53.0 Å². The average Bonchev–Trinajstić information content (AvgIpc) is 1.90. The maximum atomic E-state index is 10.2. The van der Waals surface area contributed by atoms with Crippen LogP contribution >= 0.6 is 20.4 Å². The second-order valence-corrected chi connectivity index (χ2v) is 2.42. The molecule has 0 amide bonds. The lowest BCUT2D eigenvalue weighted by Crippen LogP contribution is -2.06. The third-order valence-electron chi connectivity index (χ3n) is 0.836. The molecule has 1 unspecified atom stereocenters. The SMILES string of the molecule is Cl.F.O=[P+]([O-])c1ccccn1. The van der Waals surface area contributed by atoms with Crippen LogP contribution in [0.4, 0.5) is 4.70 Å². The molecule has 0 aliphatic heterocycles. The summed E-state index contributed by atoms with van der Waals surface area (Å²) in [5.74, 6) is 0. The van der Waals surface area contributed by atoms with Crippen molar-refractivity contribution >= 4 is 25.9 Å². The molecule has 11 heavy (non-hydrogen) atoms. The van der Waals surface area contributed by atoms with Crippen LogP contribution in [0.5, 0.6) is 0 Å². The Morgan fingerprint density at radius 1 is 1.45 bits per heavy atom. The molecule has 0 saturated heterocycles. The highest BCUT2D eigenvalue weighted by molar-refractivity contribution is 7.45. The zero-order chi connectivity index (χ0) is 6.69. The molecule has 0 aliphatic rings. The van der Waals surface area contributed by atoms with E-state index in [4.69, 9.17) is 0 Å². The molecular weight excluding hydrogens is 191 g/mol. The van der Waals surface area contributed by atoms with Crippen molar-refractivity contribution in [3.63, 3.8) is 0 Å². The summed E-state index contributed by atoms with van der Waals surface area (Å²) in [4.78, 5) is 13.8. The molecule has 62 valence electrons. The first-order valence-electron chi connectivity index (χ1n) is 2.36. The monoisotopic (exact) mass is 197 g/mol. The lowest BCUT2D eigenvalue weighted by Gasteiger charge is -1.83. The van der Waals surface area contributed by atoms with Gasteiger partial charge < -0.3 is 4.89 Å². The molecule has 0 saturated carbocycles. The zero-order valence-corrected chi connectivity index (χ0v) is 7.05. The van der Waals surface area contributed by atoms with E-state index in [0.29, 0.717) is 0 Å². The molecule has 1 atom stereocenters. The van der Waals surface area contributed by atoms with E-state index < -0.39 is 8.03 Å². The number of pyridine rings is 1. The van der Waals surface area contributed by atoms with Gasteiger partial charge in [-0.1, -0.05) is 10.6 Å². The van der Waals surface area contributed by atoms with Crippen molar-refractivity contribution in [3.8, 4) is 0 Å². The van der Waals surface area contributed by atoms with E-state index in [1.165, 1.54) is 12.3 Å². The Hall–Kier alpha value is -0.570. The van der Waals surface area contributed by atoms with Gasteiger partial charge in [0.1, 0.15) is 0 Å². The summed E-state index contributed by atoms with van der Waals surface area (Å²) in [6, 6.07) is 4.75. The Bertz CT molecular complexity index is 221. The molecule has 0 radical (unpaired) electrons. The van der Waals surface area contributed by atoms with Gasteiger partial charge in [0.15, 0.2) is 0 Å². The number of halogens is 2. The number of hydrogen-bond donors (Lipinski definition) is 0. The molecular formula is C5H6ClFNO2P. The summed E-state index contributed by atoms with van der Waals surface area (Å²) < 4.78 is 10.2. The van der Waals surface area contributed by atoms with Crippen LogP contribution < -0.4 is 10.3 Å². The standard InChI is InChI=1S/C5H4NO2P.ClH.FH/c7-9(8)5-3-1-2-4-6-5;;/h1-4H;2*1H. The van der Waals surface area contributed by atoms with Gasteiger partial charge in [-0.05, 0) is 6.07 Å². The van der Waals surface area contributed by atoms with Gasteiger partial charge in [-0.15, -0.1) is 12.4 Å². The fourth-order valence-electron chi connectivity index (χ4n) is 0.462. The van der Waals surface area contributed by atoms with Crippen molar-refractivity contribution in [3.05, 3.63) is 24.4 Å². The smallest absolute Gasteiger partial charge is 0.369 e. The fraction of sp³-hybridized carbons (Fsp3) is 0.